The number of rotatable bonds is 12. The van der Waals surface area contributed by atoms with Gasteiger partial charge in [0.2, 0.25) is 0 Å². The Balaban J connectivity index is 2.93. The van der Waals surface area contributed by atoms with Crippen molar-refractivity contribution in [3.63, 3.8) is 0 Å². The largest absolute Gasteiger partial charge is 0.484 e. The van der Waals surface area contributed by atoms with Gasteiger partial charge in [-0.2, -0.15) is 0 Å². The Bertz CT molecular complexity index is 677. The van der Waals surface area contributed by atoms with Crippen molar-refractivity contribution in [1.82, 2.24) is 0 Å². The maximum atomic E-state index is 12.9. The van der Waals surface area contributed by atoms with E-state index < -0.39 is 35.2 Å². The van der Waals surface area contributed by atoms with Gasteiger partial charge in [0.05, 0.1) is 17.9 Å². The Hall–Kier alpha value is -2.08. The highest BCUT2D eigenvalue weighted by Gasteiger charge is 2.38. The van der Waals surface area contributed by atoms with Crippen LogP contribution in [0.1, 0.15) is 74.7 Å². The van der Waals surface area contributed by atoms with Crippen molar-refractivity contribution in [1.29, 1.82) is 0 Å². The second kappa shape index (κ2) is 12.1. The highest BCUT2D eigenvalue weighted by molar-refractivity contribution is 5.83. The summed E-state index contributed by atoms with van der Waals surface area (Å²) in [6.07, 6.45) is 0.222. The van der Waals surface area contributed by atoms with Crippen molar-refractivity contribution in [3.8, 4) is 5.75 Å². The number of benzene rings is 1. The lowest BCUT2D eigenvalue weighted by atomic mass is 9.89. The first kappa shape index (κ1) is 27.0. The molecule has 0 spiro atoms. The van der Waals surface area contributed by atoms with Gasteiger partial charge in [0.15, 0.2) is 6.10 Å². The predicted molar refractivity (Wildman–Crippen MR) is 121 cm³/mol. The van der Waals surface area contributed by atoms with Gasteiger partial charge in [-0.3, -0.25) is 9.59 Å². The molecular weight excluding hydrogens is 396 g/mol. The van der Waals surface area contributed by atoms with E-state index in [4.69, 9.17) is 18.9 Å². The van der Waals surface area contributed by atoms with E-state index in [0.29, 0.717) is 18.8 Å². The van der Waals surface area contributed by atoms with Crippen LogP contribution in [0.4, 0.5) is 0 Å². The topological polar surface area (TPSA) is 71.1 Å². The molecule has 31 heavy (non-hydrogen) atoms. The van der Waals surface area contributed by atoms with Crippen LogP contribution in [0.3, 0.4) is 0 Å². The number of carbonyl (C=O) groups excluding carboxylic acids is 2. The van der Waals surface area contributed by atoms with Gasteiger partial charge in [-0.15, -0.1) is 0 Å². The molecule has 0 radical (unpaired) electrons. The molecule has 6 nitrogen and oxygen atoms in total. The van der Waals surface area contributed by atoms with Crippen LogP contribution in [0.15, 0.2) is 30.3 Å². The molecule has 0 bridgehead atoms. The smallest absolute Gasteiger partial charge is 0.312 e. The van der Waals surface area contributed by atoms with Crippen LogP contribution in [-0.2, 0) is 23.8 Å². The molecule has 0 saturated carbocycles. The summed E-state index contributed by atoms with van der Waals surface area (Å²) in [6, 6.07) is 9.41. The summed E-state index contributed by atoms with van der Waals surface area (Å²) in [5.41, 5.74) is -1.64. The fraction of sp³-hybridized carbons (Fsp3) is 0.680. The standard InChI is InChI=1S/C25H40O6/c1-9-16-28-20(10-2)22(30-19-14-12-11-13-15-19)18(3)29-23(27)25(7,8)17-21(26)31-24(4,5)6/h11-15,18,20,22H,9-10,16-17H2,1-8H3/t18-,20-,22-/m0/s1. The number of para-hydroxylation sites is 1. The lowest BCUT2D eigenvalue weighted by Crippen LogP contribution is -2.46. The maximum Gasteiger partial charge on any atom is 0.312 e. The first-order valence-electron chi connectivity index (χ1n) is 11.2. The summed E-state index contributed by atoms with van der Waals surface area (Å²) in [4.78, 5) is 25.2. The molecule has 0 amide bonds. The molecule has 0 aliphatic carbocycles. The molecule has 0 aliphatic heterocycles. The Morgan fingerprint density at radius 2 is 1.61 bits per heavy atom. The highest BCUT2D eigenvalue weighted by atomic mass is 16.6. The van der Waals surface area contributed by atoms with E-state index in [-0.39, 0.29) is 12.5 Å². The molecule has 0 N–H and O–H groups in total. The zero-order valence-corrected chi connectivity index (χ0v) is 20.4. The van der Waals surface area contributed by atoms with Gasteiger partial charge in [0.25, 0.3) is 0 Å². The van der Waals surface area contributed by atoms with E-state index in [1.165, 1.54) is 0 Å². The van der Waals surface area contributed by atoms with Gasteiger partial charge >= 0.3 is 11.9 Å². The minimum absolute atomic E-state index is 0.0659. The third-order valence-corrected chi connectivity index (χ3v) is 4.63. The quantitative estimate of drug-likeness (QED) is 0.413. The van der Waals surface area contributed by atoms with Crippen LogP contribution >= 0.6 is 0 Å². The Morgan fingerprint density at radius 1 is 1.00 bits per heavy atom. The second-order valence-electron chi connectivity index (χ2n) is 9.47. The van der Waals surface area contributed by atoms with E-state index >= 15 is 0 Å². The monoisotopic (exact) mass is 436 g/mol. The van der Waals surface area contributed by atoms with E-state index in [1.807, 2.05) is 44.2 Å². The van der Waals surface area contributed by atoms with Crippen LogP contribution in [0, 0.1) is 5.41 Å². The minimum atomic E-state index is -1.03. The lowest BCUT2D eigenvalue weighted by Gasteiger charge is -2.33. The van der Waals surface area contributed by atoms with Gasteiger partial charge in [-0.05, 0) is 66.5 Å². The molecule has 0 saturated heterocycles. The second-order valence-corrected chi connectivity index (χ2v) is 9.47. The molecule has 0 aromatic heterocycles. The Kier molecular flexibility index (Phi) is 10.5. The lowest BCUT2D eigenvalue weighted by molar-refractivity contribution is -0.174. The van der Waals surface area contributed by atoms with Gasteiger partial charge < -0.3 is 18.9 Å². The number of ether oxygens (including phenoxy) is 4. The predicted octanol–water partition coefficient (Wildman–Crippen LogP) is 5.33. The SMILES string of the molecule is CCCO[C@@H](CC)[C@@H](Oc1ccccc1)[C@H](C)OC(=O)C(C)(C)CC(=O)OC(C)(C)C. The van der Waals surface area contributed by atoms with Gasteiger partial charge in [-0.25, -0.2) is 0 Å². The van der Waals surface area contributed by atoms with Crippen LogP contribution in [0.25, 0.3) is 0 Å². The van der Waals surface area contributed by atoms with E-state index in [2.05, 4.69) is 0 Å². The third-order valence-electron chi connectivity index (χ3n) is 4.63. The minimum Gasteiger partial charge on any atom is -0.484 e. The fourth-order valence-electron chi connectivity index (χ4n) is 3.05. The molecule has 1 rings (SSSR count). The summed E-state index contributed by atoms with van der Waals surface area (Å²) in [7, 11) is 0. The molecular formula is C25H40O6. The molecule has 176 valence electrons. The number of carbonyl (C=O) groups is 2. The number of esters is 2. The van der Waals surface area contributed by atoms with Gasteiger partial charge in [0, 0.05) is 6.61 Å². The average Bonchev–Trinajstić information content (AvgIpc) is 2.66. The van der Waals surface area contributed by atoms with Gasteiger partial charge in [-0.1, -0.05) is 32.0 Å². The van der Waals surface area contributed by atoms with Crippen molar-refractivity contribution in [2.75, 3.05) is 6.61 Å². The molecule has 0 aliphatic rings. The molecule has 0 heterocycles. The first-order chi connectivity index (χ1) is 14.4. The highest BCUT2D eigenvalue weighted by Crippen LogP contribution is 2.27. The maximum absolute atomic E-state index is 12.9. The van der Waals surface area contributed by atoms with Crippen LogP contribution in [0.5, 0.6) is 5.75 Å². The Labute approximate surface area is 187 Å². The number of hydrogen-bond acceptors (Lipinski definition) is 6. The van der Waals surface area contributed by atoms with Crippen molar-refractivity contribution in [2.45, 2.75) is 98.6 Å². The first-order valence-corrected chi connectivity index (χ1v) is 11.2. The average molecular weight is 437 g/mol. The van der Waals surface area contributed by atoms with Crippen molar-refractivity contribution in [3.05, 3.63) is 30.3 Å². The molecule has 1 aromatic carbocycles. The van der Waals surface area contributed by atoms with E-state index in [9.17, 15) is 9.59 Å². The van der Waals surface area contributed by atoms with Crippen molar-refractivity contribution >= 4 is 11.9 Å². The summed E-state index contributed by atoms with van der Waals surface area (Å²) in [6.45, 7) is 15.2. The normalized spacial score (nSPS) is 15.0. The molecule has 6 heteroatoms. The third kappa shape index (κ3) is 9.72. The summed E-state index contributed by atoms with van der Waals surface area (Å²) in [5.74, 6) is -0.225. The van der Waals surface area contributed by atoms with E-state index in [1.54, 1.807) is 41.5 Å². The number of hydrogen-bond donors (Lipinski definition) is 0. The molecule has 0 fully saturated rings. The van der Waals surface area contributed by atoms with Crippen LogP contribution in [0.2, 0.25) is 0 Å². The molecule has 3 atom stereocenters. The van der Waals surface area contributed by atoms with E-state index in [0.717, 1.165) is 6.42 Å². The molecule has 0 unspecified atom stereocenters. The summed E-state index contributed by atoms with van der Waals surface area (Å²) >= 11 is 0. The molecule has 1 aromatic rings. The summed E-state index contributed by atoms with van der Waals surface area (Å²) < 4.78 is 23.3. The van der Waals surface area contributed by atoms with Crippen molar-refractivity contribution in [2.24, 2.45) is 5.41 Å². The van der Waals surface area contributed by atoms with Crippen molar-refractivity contribution < 1.29 is 28.5 Å². The zero-order valence-electron chi connectivity index (χ0n) is 20.4. The summed E-state index contributed by atoms with van der Waals surface area (Å²) in [5, 5.41) is 0. The van der Waals surface area contributed by atoms with Crippen LogP contribution < -0.4 is 4.74 Å². The van der Waals surface area contributed by atoms with Gasteiger partial charge in [0.1, 0.15) is 17.5 Å². The Morgan fingerprint density at radius 3 is 2.13 bits per heavy atom. The fourth-order valence-corrected chi connectivity index (χ4v) is 3.05. The van der Waals surface area contributed by atoms with Crippen LogP contribution in [-0.4, -0.2) is 42.5 Å². The zero-order chi connectivity index (χ0) is 23.7.